The Labute approximate surface area is 104 Å². The van der Waals surface area contributed by atoms with Crippen molar-refractivity contribution in [2.75, 3.05) is 24.7 Å². The van der Waals surface area contributed by atoms with E-state index in [1.54, 1.807) is 0 Å². The minimum atomic E-state index is 0.540. The van der Waals surface area contributed by atoms with Gasteiger partial charge in [-0.05, 0) is 30.5 Å². The van der Waals surface area contributed by atoms with Crippen LogP contribution >= 0.6 is 0 Å². The first-order valence-corrected chi connectivity index (χ1v) is 6.48. The van der Waals surface area contributed by atoms with E-state index in [2.05, 4.69) is 36.1 Å². The first-order valence-electron chi connectivity index (χ1n) is 6.48. The maximum Gasteiger partial charge on any atom is 0.0670 e. The van der Waals surface area contributed by atoms with E-state index in [-0.39, 0.29) is 0 Å². The van der Waals surface area contributed by atoms with E-state index in [1.165, 1.54) is 11.3 Å². The van der Waals surface area contributed by atoms with Crippen LogP contribution in [0.3, 0.4) is 0 Å². The van der Waals surface area contributed by atoms with Crippen LogP contribution in [-0.2, 0) is 11.3 Å². The number of benzene rings is 1. The lowest BCUT2D eigenvalue weighted by Crippen LogP contribution is -2.36. The third-order valence-corrected chi connectivity index (χ3v) is 3.31. The maximum absolute atomic E-state index is 5.62. The molecule has 1 fully saturated rings. The van der Waals surface area contributed by atoms with Crippen molar-refractivity contribution in [1.82, 2.24) is 0 Å². The summed E-state index contributed by atoms with van der Waals surface area (Å²) in [5.74, 6) is 0. The first-order chi connectivity index (χ1) is 8.35. The predicted molar refractivity (Wildman–Crippen MR) is 71.2 cm³/mol. The standard InChI is InChI=1S/C14H22N2O/c1-2-8-16(14-7-9-17-11-14)13-5-3-12(10-15)4-6-13/h3-6,14H,2,7-11,15H2,1H3. The van der Waals surface area contributed by atoms with Crippen molar-refractivity contribution in [2.24, 2.45) is 5.73 Å². The molecule has 2 N–H and O–H groups in total. The van der Waals surface area contributed by atoms with Crippen molar-refractivity contribution in [3.05, 3.63) is 29.8 Å². The van der Waals surface area contributed by atoms with Gasteiger partial charge in [-0.2, -0.15) is 0 Å². The lowest BCUT2D eigenvalue weighted by molar-refractivity contribution is 0.193. The second-order valence-corrected chi connectivity index (χ2v) is 4.58. The molecule has 0 saturated carbocycles. The number of nitrogens with zero attached hydrogens (tertiary/aromatic N) is 1. The van der Waals surface area contributed by atoms with Gasteiger partial charge in [0, 0.05) is 25.4 Å². The summed E-state index contributed by atoms with van der Waals surface area (Å²) >= 11 is 0. The summed E-state index contributed by atoms with van der Waals surface area (Å²) in [5, 5.41) is 0. The summed E-state index contributed by atoms with van der Waals surface area (Å²) < 4.78 is 5.49. The Morgan fingerprint density at radius 2 is 2.12 bits per heavy atom. The molecule has 1 unspecified atom stereocenters. The van der Waals surface area contributed by atoms with Gasteiger partial charge in [0.25, 0.3) is 0 Å². The van der Waals surface area contributed by atoms with Crippen LogP contribution in [0.5, 0.6) is 0 Å². The molecule has 1 heterocycles. The molecule has 1 aromatic rings. The number of anilines is 1. The van der Waals surface area contributed by atoms with Crippen LogP contribution in [-0.4, -0.2) is 25.8 Å². The van der Waals surface area contributed by atoms with E-state index < -0.39 is 0 Å². The summed E-state index contributed by atoms with van der Waals surface area (Å²) in [5.41, 5.74) is 8.10. The molecular formula is C14H22N2O. The topological polar surface area (TPSA) is 38.5 Å². The van der Waals surface area contributed by atoms with Crippen LogP contribution in [0, 0.1) is 0 Å². The monoisotopic (exact) mass is 234 g/mol. The number of ether oxygens (including phenoxy) is 1. The van der Waals surface area contributed by atoms with Gasteiger partial charge in [0.2, 0.25) is 0 Å². The molecular weight excluding hydrogens is 212 g/mol. The minimum absolute atomic E-state index is 0.540. The molecule has 0 spiro atoms. The maximum atomic E-state index is 5.62. The van der Waals surface area contributed by atoms with E-state index in [1.807, 2.05) is 0 Å². The fraction of sp³-hybridized carbons (Fsp3) is 0.571. The lowest BCUT2D eigenvalue weighted by atomic mass is 10.1. The summed E-state index contributed by atoms with van der Waals surface area (Å²) in [6, 6.07) is 9.13. The van der Waals surface area contributed by atoms with Gasteiger partial charge in [-0.1, -0.05) is 19.1 Å². The van der Waals surface area contributed by atoms with Crippen molar-refractivity contribution < 1.29 is 4.74 Å². The van der Waals surface area contributed by atoms with Crippen molar-refractivity contribution in [3.63, 3.8) is 0 Å². The van der Waals surface area contributed by atoms with Gasteiger partial charge in [-0.25, -0.2) is 0 Å². The summed E-state index contributed by atoms with van der Waals surface area (Å²) in [6.45, 7) is 5.68. The third-order valence-electron chi connectivity index (χ3n) is 3.31. The molecule has 3 heteroatoms. The molecule has 0 radical (unpaired) electrons. The highest BCUT2D eigenvalue weighted by Crippen LogP contribution is 2.22. The summed E-state index contributed by atoms with van der Waals surface area (Å²) in [4.78, 5) is 2.47. The van der Waals surface area contributed by atoms with Gasteiger partial charge in [0.05, 0.1) is 12.6 Å². The van der Waals surface area contributed by atoms with Gasteiger partial charge in [0.1, 0.15) is 0 Å². The molecule has 0 bridgehead atoms. The van der Waals surface area contributed by atoms with Crippen LogP contribution in [0.1, 0.15) is 25.3 Å². The lowest BCUT2D eigenvalue weighted by Gasteiger charge is -2.30. The van der Waals surface area contributed by atoms with Crippen molar-refractivity contribution in [3.8, 4) is 0 Å². The quantitative estimate of drug-likeness (QED) is 0.848. The van der Waals surface area contributed by atoms with Gasteiger partial charge in [-0.15, -0.1) is 0 Å². The van der Waals surface area contributed by atoms with Crippen LogP contribution in [0.2, 0.25) is 0 Å². The Bertz CT molecular complexity index is 331. The molecule has 1 saturated heterocycles. The molecule has 1 aliphatic rings. The molecule has 17 heavy (non-hydrogen) atoms. The SMILES string of the molecule is CCCN(c1ccc(CN)cc1)C1CCOC1. The van der Waals surface area contributed by atoms with Crippen LogP contribution < -0.4 is 10.6 Å². The number of nitrogens with two attached hydrogens (primary N) is 1. The zero-order chi connectivity index (χ0) is 12.1. The Hall–Kier alpha value is -1.06. The smallest absolute Gasteiger partial charge is 0.0670 e. The van der Waals surface area contributed by atoms with Crippen molar-refractivity contribution in [2.45, 2.75) is 32.4 Å². The Balaban J connectivity index is 2.12. The highest BCUT2D eigenvalue weighted by Gasteiger charge is 2.22. The second kappa shape index (κ2) is 6.03. The zero-order valence-electron chi connectivity index (χ0n) is 10.6. The average Bonchev–Trinajstić information content (AvgIpc) is 2.90. The number of hydrogen-bond donors (Lipinski definition) is 1. The summed E-state index contributed by atoms with van der Waals surface area (Å²) in [7, 11) is 0. The van der Waals surface area contributed by atoms with E-state index in [4.69, 9.17) is 10.5 Å². The van der Waals surface area contributed by atoms with Crippen molar-refractivity contribution >= 4 is 5.69 Å². The highest BCUT2D eigenvalue weighted by molar-refractivity contribution is 5.48. The summed E-state index contributed by atoms with van der Waals surface area (Å²) in [6.07, 6.45) is 2.30. The molecule has 0 aromatic heterocycles. The van der Waals surface area contributed by atoms with Crippen LogP contribution in [0.15, 0.2) is 24.3 Å². The van der Waals surface area contributed by atoms with Crippen LogP contribution in [0.25, 0.3) is 0 Å². The normalized spacial score (nSPS) is 19.5. The molecule has 94 valence electrons. The third kappa shape index (κ3) is 2.99. The molecule has 2 rings (SSSR count). The fourth-order valence-electron chi connectivity index (χ4n) is 2.35. The van der Waals surface area contributed by atoms with E-state index in [0.29, 0.717) is 12.6 Å². The Morgan fingerprint density at radius 3 is 2.65 bits per heavy atom. The molecule has 1 aromatic carbocycles. The van der Waals surface area contributed by atoms with Gasteiger partial charge in [-0.3, -0.25) is 0 Å². The number of hydrogen-bond acceptors (Lipinski definition) is 3. The van der Waals surface area contributed by atoms with Gasteiger partial charge >= 0.3 is 0 Å². The van der Waals surface area contributed by atoms with E-state index in [9.17, 15) is 0 Å². The Kier molecular flexibility index (Phi) is 4.40. The first kappa shape index (κ1) is 12.4. The van der Waals surface area contributed by atoms with Crippen molar-refractivity contribution in [1.29, 1.82) is 0 Å². The average molecular weight is 234 g/mol. The van der Waals surface area contributed by atoms with Crippen LogP contribution in [0.4, 0.5) is 5.69 Å². The molecule has 3 nitrogen and oxygen atoms in total. The zero-order valence-corrected chi connectivity index (χ0v) is 10.6. The largest absolute Gasteiger partial charge is 0.379 e. The second-order valence-electron chi connectivity index (χ2n) is 4.58. The predicted octanol–water partition coefficient (Wildman–Crippen LogP) is 2.15. The molecule has 1 atom stereocenters. The van der Waals surface area contributed by atoms with E-state index >= 15 is 0 Å². The molecule has 0 aliphatic carbocycles. The minimum Gasteiger partial charge on any atom is -0.379 e. The van der Waals surface area contributed by atoms with Gasteiger partial charge < -0.3 is 15.4 Å². The molecule has 0 amide bonds. The molecule has 1 aliphatic heterocycles. The number of rotatable bonds is 5. The highest BCUT2D eigenvalue weighted by atomic mass is 16.5. The van der Waals surface area contributed by atoms with E-state index in [0.717, 1.165) is 32.6 Å². The fourth-order valence-corrected chi connectivity index (χ4v) is 2.35. The Morgan fingerprint density at radius 1 is 1.35 bits per heavy atom. The van der Waals surface area contributed by atoms with Gasteiger partial charge in [0.15, 0.2) is 0 Å².